The number of nitrogens with zero attached hydrogens (tertiary/aromatic N) is 7. The molecule has 33 heavy (non-hydrogen) atoms. The van der Waals surface area contributed by atoms with E-state index in [2.05, 4.69) is 37.2 Å². The summed E-state index contributed by atoms with van der Waals surface area (Å²) in [6, 6.07) is 7.72. The molecule has 2 aliphatic rings. The number of fused-ring (bicyclic) bond motifs is 1. The summed E-state index contributed by atoms with van der Waals surface area (Å²) in [4.78, 5) is 34.1. The normalized spacial score (nSPS) is 20.8. The molecule has 1 unspecified atom stereocenters. The summed E-state index contributed by atoms with van der Waals surface area (Å²) >= 11 is 0. The molecule has 2 aliphatic carbocycles. The third-order valence-electron chi connectivity index (χ3n) is 6.88. The minimum absolute atomic E-state index is 0.0215. The lowest BCUT2D eigenvalue weighted by Gasteiger charge is -2.34. The van der Waals surface area contributed by atoms with Crippen LogP contribution in [-0.2, 0) is 0 Å². The van der Waals surface area contributed by atoms with E-state index in [1.165, 1.54) is 12.8 Å². The van der Waals surface area contributed by atoms with Crippen LogP contribution in [-0.4, -0.2) is 34.7 Å². The highest BCUT2D eigenvalue weighted by atomic mass is 16.1. The van der Waals surface area contributed by atoms with Gasteiger partial charge in [0.05, 0.1) is 6.04 Å². The number of H-pyrrole nitrogens is 1. The van der Waals surface area contributed by atoms with Crippen molar-refractivity contribution >= 4 is 11.0 Å². The minimum Gasteiger partial charge on any atom is -0.310 e. The van der Waals surface area contributed by atoms with Crippen molar-refractivity contribution in [2.75, 3.05) is 0 Å². The van der Waals surface area contributed by atoms with E-state index in [0.29, 0.717) is 17.4 Å². The predicted octanol–water partition coefficient (Wildman–Crippen LogP) is 3.32. The summed E-state index contributed by atoms with van der Waals surface area (Å²) in [5, 5.41) is 14.3. The topological polar surface area (TPSA) is 126 Å². The van der Waals surface area contributed by atoms with Crippen molar-refractivity contribution in [2.45, 2.75) is 56.4 Å². The number of rotatable bonds is 5. The highest BCUT2D eigenvalue weighted by Crippen LogP contribution is 2.46. The zero-order chi connectivity index (χ0) is 22.5. The summed E-state index contributed by atoms with van der Waals surface area (Å²) in [6.07, 6.45) is 9.55. The fraction of sp³-hybridized carbons (Fsp3) is 0.375. The van der Waals surface area contributed by atoms with E-state index >= 15 is 0 Å². The van der Waals surface area contributed by atoms with Gasteiger partial charge in [0.15, 0.2) is 11.3 Å². The Morgan fingerprint density at radius 3 is 2.55 bits per heavy atom. The molecular formula is C24H22N8O. The van der Waals surface area contributed by atoms with Crippen LogP contribution in [0, 0.1) is 11.3 Å². The van der Waals surface area contributed by atoms with Gasteiger partial charge in [-0.05, 0) is 50.3 Å². The van der Waals surface area contributed by atoms with Gasteiger partial charge in [0, 0.05) is 42.0 Å². The zero-order valence-electron chi connectivity index (χ0n) is 18.1. The Morgan fingerprint density at radius 2 is 1.91 bits per heavy atom. The second-order valence-corrected chi connectivity index (χ2v) is 8.92. The van der Waals surface area contributed by atoms with Crippen LogP contribution in [0.2, 0.25) is 0 Å². The van der Waals surface area contributed by atoms with Gasteiger partial charge in [-0.3, -0.25) is 9.78 Å². The first-order valence-electron chi connectivity index (χ1n) is 11.3. The van der Waals surface area contributed by atoms with Gasteiger partial charge in [0.1, 0.15) is 23.1 Å². The smallest absolute Gasteiger partial charge is 0.263 e. The maximum Gasteiger partial charge on any atom is 0.263 e. The fourth-order valence-corrected chi connectivity index (χ4v) is 4.65. The molecule has 1 N–H and O–H groups in total. The van der Waals surface area contributed by atoms with Gasteiger partial charge in [-0.15, -0.1) is 0 Å². The molecular weight excluding hydrogens is 416 g/mol. The molecule has 6 rings (SSSR count). The van der Waals surface area contributed by atoms with Crippen molar-refractivity contribution in [1.82, 2.24) is 34.7 Å². The Hall–Kier alpha value is -3.93. The van der Waals surface area contributed by atoms with Gasteiger partial charge in [0.2, 0.25) is 0 Å². The number of pyridine rings is 1. The predicted molar refractivity (Wildman–Crippen MR) is 120 cm³/mol. The second-order valence-electron chi connectivity index (χ2n) is 8.92. The summed E-state index contributed by atoms with van der Waals surface area (Å²) in [6.45, 7) is 1.98. The molecule has 0 bridgehead atoms. The third kappa shape index (κ3) is 3.30. The van der Waals surface area contributed by atoms with Crippen LogP contribution < -0.4 is 5.56 Å². The van der Waals surface area contributed by atoms with E-state index in [4.69, 9.17) is 4.98 Å². The molecule has 164 valence electrons. The molecule has 0 spiro atoms. The van der Waals surface area contributed by atoms with Crippen LogP contribution in [0.15, 0.2) is 41.6 Å². The van der Waals surface area contributed by atoms with Crippen molar-refractivity contribution < 1.29 is 0 Å². The first-order valence-corrected chi connectivity index (χ1v) is 11.3. The van der Waals surface area contributed by atoms with Crippen molar-refractivity contribution in [3.05, 3.63) is 75.7 Å². The molecule has 0 saturated heterocycles. The first-order chi connectivity index (χ1) is 16.1. The second kappa shape index (κ2) is 7.59. The number of aromatic amines is 1. The van der Waals surface area contributed by atoms with E-state index < -0.39 is 0 Å². The van der Waals surface area contributed by atoms with Gasteiger partial charge < -0.3 is 4.98 Å². The van der Waals surface area contributed by atoms with E-state index in [9.17, 15) is 10.1 Å². The first kappa shape index (κ1) is 19.7. The molecule has 2 fully saturated rings. The van der Waals surface area contributed by atoms with Crippen LogP contribution in [0.5, 0.6) is 0 Å². The standard InChI is InChI=1S/C24H22N8O/c1-13(15-5-8-18(28-12-15)14-3-4-14)32-23-20(19(11-25)31-32)24(33)30-22(29-23)17-7-6-16(17)21-26-9-2-10-27-21/h2,5,8-10,12-14,16-17H,3-4,6-7H2,1H3,(H,29,30,33)/t13?,16-,17-/m1/s1. The molecule has 9 nitrogen and oxygen atoms in total. The minimum atomic E-state index is -0.341. The molecule has 0 amide bonds. The third-order valence-corrected chi connectivity index (χ3v) is 6.88. The van der Waals surface area contributed by atoms with Crippen LogP contribution in [0.1, 0.15) is 85.0 Å². The maximum absolute atomic E-state index is 13.0. The van der Waals surface area contributed by atoms with Crippen molar-refractivity contribution in [2.24, 2.45) is 0 Å². The van der Waals surface area contributed by atoms with Crippen LogP contribution in [0.3, 0.4) is 0 Å². The van der Waals surface area contributed by atoms with Crippen molar-refractivity contribution in [3.8, 4) is 6.07 Å². The number of nitrogens with one attached hydrogen (secondary N) is 1. The Balaban J connectivity index is 1.41. The molecule has 0 aliphatic heterocycles. The molecule has 9 heteroatoms. The quantitative estimate of drug-likeness (QED) is 0.506. The van der Waals surface area contributed by atoms with Gasteiger partial charge in [-0.2, -0.15) is 10.4 Å². The highest BCUT2D eigenvalue weighted by Gasteiger charge is 2.38. The van der Waals surface area contributed by atoms with Gasteiger partial charge in [0.25, 0.3) is 5.56 Å². The SMILES string of the molecule is CC(c1ccc(C2CC2)nc1)n1nc(C#N)c2c(=O)[nH]c([C@@H]3CC[C@H]3c3ncccn3)nc21. The molecule has 3 atom stereocenters. The Morgan fingerprint density at radius 1 is 1.12 bits per heavy atom. The average molecular weight is 438 g/mol. The van der Waals surface area contributed by atoms with Gasteiger partial charge in [-0.25, -0.2) is 19.6 Å². The van der Waals surface area contributed by atoms with E-state index in [-0.39, 0.29) is 34.5 Å². The Bertz CT molecular complexity index is 1430. The van der Waals surface area contributed by atoms with E-state index in [1.54, 1.807) is 23.1 Å². The van der Waals surface area contributed by atoms with Crippen molar-refractivity contribution in [3.63, 3.8) is 0 Å². The number of nitriles is 1. The van der Waals surface area contributed by atoms with Crippen molar-refractivity contribution in [1.29, 1.82) is 5.26 Å². The van der Waals surface area contributed by atoms with E-state index in [1.807, 2.05) is 19.2 Å². The molecule has 0 aromatic carbocycles. The van der Waals surface area contributed by atoms with Crippen LogP contribution >= 0.6 is 0 Å². The van der Waals surface area contributed by atoms with Gasteiger partial charge >= 0.3 is 0 Å². The van der Waals surface area contributed by atoms with Gasteiger partial charge in [-0.1, -0.05) is 6.07 Å². The lowest BCUT2D eigenvalue weighted by Crippen LogP contribution is -2.28. The Labute approximate surface area is 189 Å². The Kier molecular flexibility index (Phi) is 4.54. The molecule has 4 heterocycles. The number of aromatic nitrogens is 7. The fourth-order valence-electron chi connectivity index (χ4n) is 4.65. The molecule has 4 aromatic rings. The monoisotopic (exact) mass is 438 g/mol. The summed E-state index contributed by atoms with van der Waals surface area (Å²) in [7, 11) is 0. The average Bonchev–Trinajstić information content (AvgIpc) is 3.59. The number of hydrogen-bond acceptors (Lipinski definition) is 7. The summed E-state index contributed by atoms with van der Waals surface area (Å²) < 4.78 is 1.67. The highest BCUT2D eigenvalue weighted by molar-refractivity contribution is 5.80. The maximum atomic E-state index is 13.0. The summed E-state index contributed by atoms with van der Waals surface area (Å²) in [5.41, 5.74) is 2.23. The summed E-state index contributed by atoms with van der Waals surface area (Å²) in [5.74, 6) is 2.06. The molecule has 4 aromatic heterocycles. The lowest BCUT2D eigenvalue weighted by atomic mass is 9.72. The van der Waals surface area contributed by atoms with Crippen LogP contribution in [0.25, 0.3) is 11.0 Å². The number of hydrogen-bond donors (Lipinski definition) is 1. The zero-order valence-corrected chi connectivity index (χ0v) is 18.1. The molecule has 2 saturated carbocycles. The molecule has 0 radical (unpaired) electrons. The van der Waals surface area contributed by atoms with E-state index in [0.717, 1.165) is 29.9 Å². The van der Waals surface area contributed by atoms with Crippen LogP contribution in [0.4, 0.5) is 0 Å². The lowest BCUT2D eigenvalue weighted by molar-refractivity contribution is 0.319. The largest absolute Gasteiger partial charge is 0.310 e.